The molecular formula is C16H16N6O2. The summed E-state index contributed by atoms with van der Waals surface area (Å²) in [5, 5.41) is 8.16. The van der Waals surface area contributed by atoms with Crippen LogP contribution in [0.4, 0.5) is 0 Å². The third kappa shape index (κ3) is 2.66. The van der Waals surface area contributed by atoms with Gasteiger partial charge in [0.15, 0.2) is 0 Å². The maximum Gasteiger partial charge on any atom is 0.274 e. The van der Waals surface area contributed by atoms with Gasteiger partial charge in [-0.15, -0.1) is 0 Å². The Morgan fingerprint density at radius 2 is 2.25 bits per heavy atom. The maximum absolute atomic E-state index is 12.4. The van der Waals surface area contributed by atoms with Crippen LogP contribution in [-0.2, 0) is 7.05 Å². The van der Waals surface area contributed by atoms with Gasteiger partial charge in [-0.2, -0.15) is 10.1 Å². The molecule has 0 spiro atoms. The predicted octanol–water partition coefficient (Wildman–Crippen LogP) is 1.49. The van der Waals surface area contributed by atoms with Gasteiger partial charge in [0.1, 0.15) is 11.4 Å². The Morgan fingerprint density at radius 3 is 3.00 bits per heavy atom. The van der Waals surface area contributed by atoms with E-state index in [-0.39, 0.29) is 11.8 Å². The number of likely N-dealkylation sites (tertiary alicyclic amines) is 1. The average molecular weight is 324 g/mol. The Bertz CT molecular complexity index is 856. The Labute approximate surface area is 138 Å². The van der Waals surface area contributed by atoms with E-state index in [0.29, 0.717) is 36.2 Å². The molecular weight excluding hydrogens is 308 g/mol. The fourth-order valence-corrected chi connectivity index (χ4v) is 2.84. The van der Waals surface area contributed by atoms with Gasteiger partial charge in [0.2, 0.25) is 11.7 Å². The molecule has 0 radical (unpaired) electrons. The Hall–Kier alpha value is -3.03. The molecule has 4 heterocycles. The van der Waals surface area contributed by atoms with Crippen molar-refractivity contribution in [3.8, 4) is 11.5 Å². The van der Waals surface area contributed by atoms with E-state index in [0.717, 1.165) is 6.42 Å². The van der Waals surface area contributed by atoms with Gasteiger partial charge in [0.25, 0.3) is 5.91 Å². The van der Waals surface area contributed by atoms with Crippen LogP contribution in [0.3, 0.4) is 0 Å². The van der Waals surface area contributed by atoms with Crippen LogP contribution in [0, 0.1) is 0 Å². The number of pyridine rings is 1. The second-order valence-electron chi connectivity index (χ2n) is 5.78. The molecule has 1 fully saturated rings. The van der Waals surface area contributed by atoms with E-state index in [1.807, 2.05) is 18.2 Å². The summed E-state index contributed by atoms with van der Waals surface area (Å²) in [6.45, 7) is 1.21. The second kappa shape index (κ2) is 5.88. The van der Waals surface area contributed by atoms with Crippen molar-refractivity contribution >= 4 is 5.91 Å². The lowest BCUT2D eigenvalue weighted by atomic mass is 10.1. The zero-order valence-corrected chi connectivity index (χ0v) is 13.2. The van der Waals surface area contributed by atoms with Crippen molar-refractivity contribution in [1.82, 2.24) is 29.8 Å². The fourth-order valence-electron chi connectivity index (χ4n) is 2.84. The van der Waals surface area contributed by atoms with Gasteiger partial charge in [-0.3, -0.25) is 14.5 Å². The second-order valence-corrected chi connectivity index (χ2v) is 5.78. The van der Waals surface area contributed by atoms with Crippen molar-refractivity contribution in [1.29, 1.82) is 0 Å². The lowest BCUT2D eigenvalue weighted by molar-refractivity contribution is 0.0783. The van der Waals surface area contributed by atoms with Crippen molar-refractivity contribution in [3.63, 3.8) is 0 Å². The lowest BCUT2D eigenvalue weighted by Crippen LogP contribution is -2.29. The molecule has 0 bridgehead atoms. The minimum atomic E-state index is -0.0671. The maximum atomic E-state index is 12.4. The number of carbonyl (C=O) groups excluding carboxylic acids is 1. The summed E-state index contributed by atoms with van der Waals surface area (Å²) in [6, 6.07) is 7.27. The van der Waals surface area contributed by atoms with Crippen LogP contribution in [0.5, 0.6) is 0 Å². The van der Waals surface area contributed by atoms with E-state index in [2.05, 4.69) is 20.2 Å². The molecule has 0 N–H and O–H groups in total. The highest BCUT2D eigenvalue weighted by molar-refractivity contribution is 5.92. The van der Waals surface area contributed by atoms with Crippen LogP contribution in [0.25, 0.3) is 11.5 Å². The van der Waals surface area contributed by atoms with Gasteiger partial charge in [-0.1, -0.05) is 11.2 Å². The predicted molar refractivity (Wildman–Crippen MR) is 84.0 cm³/mol. The molecule has 8 nitrogen and oxygen atoms in total. The molecule has 3 aromatic rings. The molecule has 8 heteroatoms. The first kappa shape index (κ1) is 14.6. The number of hydrogen-bond acceptors (Lipinski definition) is 6. The zero-order chi connectivity index (χ0) is 16.5. The minimum Gasteiger partial charge on any atom is -0.339 e. The summed E-state index contributed by atoms with van der Waals surface area (Å²) in [7, 11) is 1.79. The molecule has 1 aliphatic heterocycles. The first-order valence-electron chi connectivity index (χ1n) is 7.74. The molecule has 0 aromatic carbocycles. The first-order chi connectivity index (χ1) is 11.7. The monoisotopic (exact) mass is 324 g/mol. The summed E-state index contributed by atoms with van der Waals surface area (Å²) >= 11 is 0. The summed E-state index contributed by atoms with van der Waals surface area (Å²) < 4.78 is 7.01. The van der Waals surface area contributed by atoms with E-state index in [9.17, 15) is 4.79 Å². The molecule has 1 saturated heterocycles. The number of amides is 1. The third-order valence-electron chi connectivity index (χ3n) is 4.09. The highest BCUT2D eigenvalue weighted by Crippen LogP contribution is 2.28. The van der Waals surface area contributed by atoms with Crippen LogP contribution in [0.15, 0.2) is 41.2 Å². The zero-order valence-electron chi connectivity index (χ0n) is 13.2. The van der Waals surface area contributed by atoms with Crippen molar-refractivity contribution in [3.05, 3.63) is 48.2 Å². The molecule has 122 valence electrons. The Morgan fingerprint density at radius 1 is 1.33 bits per heavy atom. The van der Waals surface area contributed by atoms with Crippen LogP contribution in [0.1, 0.15) is 28.7 Å². The molecule has 1 atom stereocenters. The Kier molecular flexibility index (Phi) is 3.56. The number of hydrogen-bond donors (Lipinski definition) is 0. The van der Waals surface area contributed by atoms with Crippen molar-refractivity contribution in [2.75, 3.05) is 13.1 Å². The fraction of sp³-hybridized carbons (Fsp3) is 0.312. The van der Waals surface area contributed by atoms with Crippen molar-refractivity contribution < 1.29 is 9.32 Å². The van der Waals surface area contributed by atoms with Gasteiger partial charge >= 0.3 is 0 Å². The van der Waals surface area contributed by atoms with Gasteiger partial charge in [-0.05, 0) is 24.6 Å². The van der Waals surface area contributed by atoms with Gasteiger partial charge in [0.05, 0.1) is 5.92 Å². The molecule has 3 aromatic heterocycles. The minimum absolute atomic E-state index is 0.0441. The van der Waals surface area contributed by atoms with Crippen molar-refractivity contribution in [2.45, 2.75) is 12.3 Å². The molecule has 1 amide bonds. The third-order valence-corrected chi connectivity index (χ3v) is 4.09. The standard InChI is InChI=1S/C16H16N6O2/c1-21-8-6-13(19-21)16(23)22-9-5-11(10-22)15-18-14(20-24-15)12-4-2-3-7-17-12/h2-4,6-8,11H,5,9-10H2,1H3. The number of aryl methyl sites for hydroxylation is 1. The van der Waals surface area contributed by atoms with Gasteiger partial charge in [-0.25, -0.2) is 0 Å². The number of carbonyl (C=O) groups is 1. The molecule has 0 saturated carbocycles. The number of nitrogens with zero attached hydrogens (tertiary/aromatic N) is 6. The van der Waals surface area contributed by atoms with Crippen LogP contribution in [0.2, 0.25) is 0 Å². The van der Waals surface area contributed by atoms with Crippen LogP contribution in [-0.4, -0.2) is 48.8 Å². The number of aromatic nitrogens is 5. The summed E-state index contributed by atoms with van der Waals surface area (Å²) in [4.78, 5) is 22.9. The molecule has 4 rings (SSSR count). The van der Waals surface area contributed by atoms with Gasteiger partial charge in [0, 0.05) is 32.5 Å². The summed E-state index contributed by atoms with van der Waals surface area (Å²) in [5.41, 5.74) is 1.13. The number of rotatable bonds is 3. The first-order valence-corrected chi connectivity index (χ1v) is 7.74. The Balaban J connectivity index is 1.47. The molecule has 24 heavy (non-hydrogen) atoms. The van der Waals surface area contributed by atoms with E-state index in [1.165, 1.54) is 0 Å². The SMILES string of the molecule is Cn1ccc(C(=O)N2CCC(c3nc(-c4ccccn4)no3)C2)n1. The van der Waals surface area contributed by atoms with Crippen LogP contribution < -0.4 is 0 Å². The van der Waals surface area contributed by atoms with E-state index in [4.69, 9.17) is 4.52 Å². The summed E-state index contributed by atoms with van der Waals surface area (Å²) in [5.74, 6) is 0.997. The van der Waals surface area contributed by atoms with Gasteiger partial charge < -0.3 is 9.42 Å². The summed E-state index contributed by atoms with van der Waals surface area (Å²) in [6.07, 6.45) is 4.24. The molecule has 0 aliphatic carbocycles. The van der Waals surface area contributed by atoms with Crippen LogP contribution >= 0.6 is 0 Å². The normalized spacial score (nSPS) is 17.4. The van der Waals surface area contributed by atoms with E-state index in [1.54, 1.807) is 35.1 Å². The highest BCUT2D eigenvalue weighted by Gasteiger charge is 2.32. The smallest absolute Gasteiger partial charge is 0.274 e. The van der Waals surface area contributed by atoms with E-state index < -0.39 is 0 Å². The average Bonchev–Trinajstić information content (AvgIpc) is 3.35. The molecule has 1 aliphatic rings. The quantitative estimate of drug-likeness (QED) is 0.725. The van der Waals surface area contributed by atoms with E-state index >= 15 is 0 Å². The lowest BCUT2D eigenvalue weighted by Gasteiger charge is -2.13. The molecule has 1 unspecified atom stereocenters. The van der Waals surface area contributed by atoms with Crippen molar-refractivity contribution in [2.24, 2.45) is 7.05 Å². The largest absolute Gasteiger partial charge is 0.339 e. The highest BCUT2D eigenvalue weighted by atomic mass is 16.5. The topological polar surface area (TPSA) is 89.9 Å².